The summed E-state index contributed by atoms with van der Waals surface area (Å²) in [6.45, 7) is 20.1. The summed E-state index contributed by atoms with van der Waals surface area (Å²) in [4.78, 5) is 23.5. The van der Waals surface area contributed by atoms with Gasteiger partial charge in [0.2, 0.25) is 0 Å². The lowest BCUT2D eigenvalue weighted by atomic mass is 10.0. The first kappa shape index (κ1) is 25.6. The van der Waals surface area contributed by atoms with E-state index in [0.717, 1.165) is 75.1 Å². The molecule has 1 aromatic rings. The number of nitrogens with zero attached hydrogens (tertiary/aromatic N) is 3. The molecule has 0 unspecified atom stereocenters. The second-order valence-electron chi connectivity index (χ2n) is 7.47. The highest BCUT2D eigenvalue weighted by Crippen LogP contribution is 2.27. The van der Waals surface area contributed by atoms with Crippen molar-refractivity contribution in [2.45, 2.75) is 72.1 Å². The third kappa shape index (κ3) is 8.52. The van der Waals surface area contributed by atoms with Gasteiger partial charge in [0.25, 0.3) is 0 Å². The van der Waals surface area contributed by atoms with Gasteiger partial charge >= 0.3 is 6.01 Å². The van der Waals surface area contributed by atoms with Crippen molar-refractivity contribution in [2.75, 3.05) is 24.6 Å². The molecule has 0 fully saturated rings. The monoisotopic (exact) mass is 413 g/mol. The Morgan fingerprint density at radius 1 is 1.13 bits per heavy atom. The summed E-state index contributed by atoms with van der Waals surface area (Å²) in [7, 11) is 0. The fourth-order valence-electron chi connectivity index (χ4n) is 3.28. The van der Waals surface area contributed by atoms with Crippen LogP contribution in [0.5, 0.6) is 6.01 Å². The van der Waals surface area contributed by atoms with E-state index in [0.29, 0.717) is 19.0 Å². The predicted molar refractivity (Wildman–Crippen MR) is 126 cm³/mol. The van der Waals surface area contributed by atoms with Gasteiger partial charge in [0.05, 0.1) is 12.3 Å². The predicted octanol–water partition coefficient (Wildman–Crippen LogP) is 5.64. The van der Waals surface area contributed by atoms with Gasteiger partial charge in [-0.2, -0.15) is 9.97 Å². The molecule has 30 heavy (non-hydrogen) atoms. The molecule has 166 valence electrons. The average Bonchev–Trinajstić information content (AvgIpc) is 2.75. The van der Waals surface area contributed by atoms with Crippen molar-refractivity contribution in [1.82, 2.24) is 9.97 Å². The minimum absolute atomic E-state index is 0.0118. The molecule has 1 heterocycles. The minimum atomic E-state index is 0.0118. The summed E-state index contributed by atoms with van der Waals surface area (Å²) in [5.74, 6) is 0.972. The first-order valence-corrected chi connectivity index (χ1v) is 11.2. The van der Waals surface area contributed by atoms with Crippen LogP contribution in [0.15, 0.2) is 37.5 Å². The van der Waals surface area contributed by atoms with E-state index < -0.39 is 0 Å². The van der Waals surface area contributed by atoms with Crippen LogP contribution in [0, 0.1) is 0 Å². The van der Waals surface area contributed by atoms with Crippen molar-refractivity contribution in [3.63, 3.8) is 0 Å². The van der Waals surface area contributed by atoms with Crippen molar-refractivity contribution >= 4 is 11.6 Å². The quantitative estimate of drug-likeness (QED) is 0.188. The third-order valence-corrected chi connectivity index (χ3v) is 4.84. The molecule has 0 atom stereocenters. The largest absolute Gasteiger partial charge is 0.463 e. The normalized spacial score (nSPS) is 10.5. The smallest absolute Gasteiger partial charge is 0.318 e. The van der Waals surface area contributed by atoms with Crippen LogP contribution >= 0.6 is 0 Å². The van der Waals surface area contributed by atoms with Crippen molar-refractivity contribution < 1.29 is 9.53 Å². The number of rotatable bonds is 17. The van der Waals surface area contributed by atoms with E-state index in [9.17, 15) is 4.79 Å². The van der Waals surface area contributed by atoms with Gasteiger partial charge in [0, 0.05) is 25.1 Å². The van der Waals surface area contributed by atoms with Crippen LogP contribution in [0.3, 0.4) is 0 Å². The number of hydrogen-bond acceptors (Lipinski definition) is 5. The Labute approximate surface area is 183 Å². The third-order valence-electron chi connectivity index (χ3n) is 4.84. The van der Waals surface area contributed by atoms with E-state index in [-0.39, 0.29) is 5.78 Å². The molecule has 0 spiro atoms. The molecule has 0 aromatic carbocycles. The number of carbonyl (C=O) groups excluding carboxylic acids is 1. The number of allylic oxidation sites excluding steroid dienone is 2. The summed E-state index contributed by atoms with van der Waals surface area (Å²) in [5.41, 5.74) is 3.17. The highest BCUT2D eigenvalue weighted by atomic mass is 16.5. The fraction of sp³-hybridized carbons (Fsp3) is 0.560. The molecule has 0 bridgehead atoms. The summed E-state index contributed by atoms with van der Waals surface area (Å²) in [5, 5.41) is 0. The molecule has 0 saturated heterocycles. The maximum absolute atomic E-state index is 11.7. The van der Waals surface area contributed by atoms with E-state index in [1.807, 2.05) is 6.08 Å². The van der Waals surface area contributed by atoms with Crippen LogP contribution in [0.2, 0.25) is 0 Å². The Morgan fingerprint density at radius 3 is 2.50 bits per heavy atom. The first-order valence-electron chi connectivity index (χ1n) is 11.2. The molecule has 0 aliphatic rings. The van der Waals surface area contributed by atoms with Gasteiger partial charge in [0.15, 0.2) is 5.78 Å². The second-order valence-corrected chi connectivity index (χ2v) is 7.47. The Balaban J connectivity index is 3.21. The van der Waals surface area contributed by atoms with Crippen molar-refractivity contribution in [2.24, 2.45) is 0 Å². The van der Waals surface area contributed by atoms with Gasteiger partial charge in [-0.3, -0.25) is 4.79 Å². The lowest BCUT2D eigenvalue weighted by molar-refractivity contribution is -0.114. The van der Waals surface area contributed by atoms with Crippen molar-refractivity contribution in [3.8, 4) is 6.01 Å². The number of carbonyl (C=O) groups is 1. The summed E-state index contributed by atoms with van der Waals surface area (Å²) < 4.78 is 5.80. The van der Waals surface area contributed by atoms with Gasteiger partial charge in [0.1, 0.15) is 5.82 Å². The minimum Gasteiger partial charge on any atom is -0.463 e. The van der Waals surface area contributed by atoms with Crippen molar-refractivity contribution in [3.05, 3.63) is 48.7 Å². The lowest BCUT2D eigenvalue weighted by Gasteiger charge is -2.27. The van der Waals surface area contributed by atoms with E-state index in [2.05, 4.69) is 45.4 Å². The van der Waals surface area contributed by atoms with Gasteiger partial charge in [-0.15, -0.1) is 6.58 Å². The van der Waals surface area contributed by atoms with E-state index in [1.54, 1.807) is 0 Å². The zero-order valence-electron chi connectivity index (χ0n) is 19.2. The number of ether oxygens (including phenoxy) is 1. The Bertz CT molecular complexity index is 713. The number of aromatic nitrogens is 2. The highest BCUT2D eigenvalue weighted by molar-refractivity contribution is 5.90. The van der Waals surface area contributed by atoms with E-state index >= 15 is 0 Å². The molecule has 0 N–H and O–H groups in total. The van der Waals surface area contributed by atoms with Crippen LogP contribution in [0.4, 0.5) is 5.82 Å². The molecule has 1 aromatic heterocycles. The molecule has 0 amide bonds. The molecule has 0 saturated carbocycles. The van der Waals surface area contributed by atoms with E-state index in [1.165, 1.54) is 11.6 Å². The highest BCUT2D eigenvalue weighted by Gasteiger charge is 2.19. The first-order chi connectivity index (χ1) is 14.5. The van der Waals surface area contributed by atoms with Gasteiger partial charge in [-0.05, 0) is 51.0 Å². The Kier molecular flexibility index (Phi) is 12.4. The van der Waals surface area contributed by atoms with Gasteiger partial charge in [-0.1, -0.05) is 45.6 Å². The molecular weight excluding hydrogens is 374 g/mol. The van der Waals surface area contributed by atoms with Crippen LogP contribution in [0.1, 0.15) is 70.6 Å². The molecular formula is C25H39N3O2. The topological polar surface area (TPSA) is 55.3 Å². The maximum Gasteiger partial charge on any atom is 0.318 e. The lowest BCUT2D eigenvalue weighted by Crippen LogP contribution is -2.29. The standard InChI is InChI=1S/C25H39N3O2/c1-7-12-13-14-22-23(11-5)26-25(30-18-9-3)27-24(22)28(16-8-2)17-15-20(6)19-21(29)10-4/h7,10H,1,4,6,8-9,11-19H2,2-3,5H3. The van der Waals surface area contributed by atoms with Crippen LogP contribution in [0.25, 0.3) is 0 Å². The summed E-state index contributed by atoms with van der Waals surface area (Å²) >= 11 is 0. The molecule has 5 nitrogen and oxygen atoms in total. The molecule has 0 aliphatic heterocycles. The SMILES string of the molecule is C=CCCCc1c(CC)nc(OCCC)nc1N(CCC)CCC(=C)CC(=O)C=C. The number of ketones is 1. The molecule has 5 heteroatoms. The second kappa shape index (κ2) is 14.5. The zero-order valence-corrected chi connectivity index (χ0v) is 19.2. The van der Waals surface area contributed by atoms with Crippen LogP contribution in [-0.2, 0) is 17.6 Å². The molecule has 0 aliphatic carbocycles. The van der Waals surface area contributed by atoms with Crippen LogP contribution in [-0.4, -0.2) is 35.4 Å². The van der Waals surface area contributed by atoms with Gasteiger partial charge < -0.3 is 9.64 Å². The van der Waals surface area contributed by atoms with Gasteiger partial charge in [-0.25, -0.2) is 0 Å². The maximum atomic E-state index is 11.7. The van der Waals surface area contributed by atoms with Crippen molar-refractivity contribution in [1.29, 1.82) is 0 Å². The number of hydrogen-bond donors (Lipinski definition) is 0. The van der Waals surface area contributed by atoms with E-state index in [4.69, 9.17) is 14.7 Å². The Hall–Kier alpha value is -2.43. The number of anilines is 1. The average molecular weight is 414 g/mol. The van der Waals surface area contributed by atoms with Crippen LogP contribution < -0.4 is 9.64 Å². The fourth-order valence-corrected chi connectivity index (χ4v) is 3.28. The number of unbranched alkanes of at least 4 members (excludes halogenated alkanes) is 1. The Morgan fingerprint density at radius 2 is 1.90 bits per heavy atom. The molecule has 1 rings (SSSR count). The summed E-state index contributed by atoms with van der Waals surface area (Å²) in [6.07, 6.45) is 10.0. The zero-order chi connectivity index (χ0) is 22.4. The number of aryl methyl sites for hydroxylation is 1. The molecule has 0 radical (unpaired) electrons. The summed E-state index contributed by atoms with van der Waals surface area (Å²) in [6, 6.07) is 0.456.